The van der Waals surface area contributed by atoms with E-state index in [4.69, 9.17) is 4.74 Å². The van der Waals surface area contributed by atoms with Crippen molar-refractivity contribution in [3.63, 3.8) is 0 Å². The minimum Gasteiger partial charge on any atom is -0.452 e. The molecule has 25 heavy (non-hydrogen) atoms. The van der Waals surface area contributed by atoms with Crippen molar-refractivity contribution in [2.24, 2.45) is 0 Å². The Balaban J connectivity index is 1.44. The first kappa shape index (κ1) is 16.7. The molecule has 0 bridgehead atoms. The molecule has 2 N–H and O–H groups in total. The van der Waals surface area contributed by atoms with Gasteiger partial charge in [-0.05, 0) is 36.6 Å². The minimum atomic E-state index is -0.665. The normalized spacial score (nSPS) is 13.1. The van der Waals surface area contributed by atoms with E-state index in [1.807, 2.05) is 12.3 Å². The molecule has 3 amide bonds. The minimum absolute atomic E-state index is 0.149. The number of benzene rings is 1. The van der Waals surface area contributed by atoms with Gasteiger partial charge in [0.05, 0.1) is 12.1 Å². The number of imide groups is 1. The van der Waals surface area contributed by atoms with E-state index in [9.17, 15) is 14.4 Å². The lowest BCUT2D eigenvalue weighted by Gasteiger charge is -2.07. The van der Waals surface area contributed by atoms with Gasteiger partial charge in [0.15, 0.2) is 6.61 Å². The fourth-order valence-electron chi connectivity index (χ4n) is 2.15. The average Bonchev–Trinajstić information content (AvgIpc) is 3.25. The number of ether oxygens (including phenoxy) is 1. The number of carbonyl (C=O) groups excluding carboxylic acids is 3. The van der Waals surface area contributed by atoms with Crippen LogP contribution in [0.1, 0.15) is 28.8 Å². The summed E-state index contributed by atoms with van der Waals surface area (Å²) in [4.78, 5) is 34.9. The number of aromatic nitrogens is 2. The molecule has 0 spiro atoms. The van der Waals surface area contributed by atoms with Gasteiger partial charge >= 0.3 is 12.0 Å². The van der Waals surface area contributed by atoms with Gasteiger partial charge in [-0.1, -0.05) is 12.1 Å². The van der Waals surface area contributed by atoms with Crippen LogP contribution in [0.15, 0.2) is 42.7 Å². The lowest BCUT2D eigenvalue weighted by molar-refractivity contribution is -0.123. The van der Waals surface area contributed by atoms with Gasteiger partial charge in [-0.15, -0.1) is 0 Å². The maximum absolute atomic E-state index is 11.9. The van der Waals surface area contributed by atoms with E-state index in [0.29, 0.717) is 12.1 Å². The van der Waals surface area contributed by atoms with Crippen molar-refractivity contribution in [3.05, 3.63) is 53.9 Å². The molecule has 0 aliphatic heterocycles. The molecule has 0 saturated heterocycles. The molecule has 8 nitrogen and oxygen atoms in total. The van der Waals surface area contributed by atoms with Crippen molar-refractivity contribution < 1.29 is 19.1 Å². The number of hydrogen-bond donors (Lipinski definition) is 2. The Morgan fingerprint density at radius 3 is 2.60 bits per heavy atom. The van der Waals surface area contributed by atoms with E-state index >= 15 is 0 Å². The summed E-state index contributed by atoms with van der Waals surface area (Å²) in [5, 5.41) is 8.84. The van der Waals surface area contributed by atoms with Gasteiger partial charge in [-0.25, -0.2) is 9.59 Å². The summed E-state index contributed by atoms with van der Waals surface area (Å²) in [5.74, 6) is -1.29. The third-order valence-electron chi connectivity index (χ3n) is 3.59. The van der Waals surface area contributed by atoms with Gasteiger partial charge in [0, 0.05) is 18.4 Å². The van der Waals surface area contributed by atoms with Crippen molar-refractivity contribution in [1.82, 2.24) is 20.4 Å². The molecular weight excluding hydrogens is 324 g/mol. The summed E-state index contributed by atoms with van der Waals surface area (Å²) in [6, 6.07) is 8.25. The molecule has 8 heteroatoms. The van der Waals surface area contributed by atoms with E-state index in [1.54, 1.807) is 35.1 Å². The Bertz CT molecular complexity index is 751. The first-order chi connectivity index (χ1) is 12.1. The van der Waals surface area contributed by atoms with Crippen LogP contribution in [-0.2, 0) is 16.1 Å². The van der Waals surface area contributed by atoms with E-state index in [1.165, 1.54) is 0 Å². The second-order valence-electron chi connectivity index (χ2n) is 5.77. The van der Waals surface area contributed by atoms with Crippen LogP contribution in [0.5, 0.6) is 0 Å². The zero-order valence-electron chi connectivity index (χ0n) is 13.5. The molecule has 3 rings (SSSR count). The van der Waals surface area contributed by atoms with Crippen molar-refractivity contribution in [3.8, 4) is 0 Å². The Labute approximate surface area is 144 Å². The van der Waals surface area contributed by atoms with Crippen LogP contribution in [0.4, 0.5) is 4.79 Å². The number of nitrogens with one attached hydrogen (secondary N) is 2. The fourth-order valence-corrected chi connectivity index (χ4v) is 2.15. The Kier molecular flexibility index (Phi) is 5.08. The number of esters is 1. The second kappa shape index (κ2) is 7.61. The maximum atomic E-state index is 11.9. The van der Waals surface area contributed by atoms with Gasteiger partial charge in [0.25, 0.3) is 5.91 Å². The first-order valence-corrected chi connectivity index (χ1v) is 7.94. The van der Waals surface area contributed by atoms with Gasteiger partial charge in [-0.3, -0.25) is 14.8 Å². The predicted octanol–water partition coefficient (Wildman–Crippen LogP) is 1.08. The zero-order valence-corrected chi connectivity index (χ0v) is 13.5. The summed E-state index contributed by atoms with van der Waals surface area (Å²) in [7, 11) is 0. The van der Waals surface area contributed by atoms with Crippen LogP contribution in [0, 0.1) is 0 Å². The first-order valence-electron chi connectivity index (χ1n) is 7.94. The molecule has 1 aliphatic carbocycles. The summed E-state index contributed by atoms with van der Waals surface area (Å²) in [6.07, 6.45) is 5.39. The summed E-state index contributed by atoms with van der Waals surface area (Å²) < 4.78 is 6.68. The van der Waals surface area contributed by atoms with Gasteiger partial charge < -0.3 is 10.1 Å². The maximum Gasteiger partial charge on any atom is 0.338 e. The monoisotopic (exact) mass is 342 g/mol. The number of nitrogens with zero attached hydrogens (tertiary/aromatic N) is 2. The zero-order chi connectivity index (χ0) is 17.6. The second-order valence-corrected chi connectivity index (χ2v) is 5.77. The topological polar surface area (TPSA) is 102 Å². The SMILES string of the molecule is O=C(COC(=O)c1ccc(Cn2cccn2)cc1)NC(=O)NC1CC1. The van der Waals surface area contributed by atoms with Crippen LogP contribution < -0.4 is 10.6 Å². The summed E-state index contributed by atoms with van der Waals surface area (Å²) >= 11 is 0. The lowest BCUT2D eigenvalue weighted by Crippen LogP contribution is -2.42. The Morgan fingerprint density at radius 2 is 1.96 bits per heavy atom. The average molecular weight is 342 g/mol. The van der Waals surface area contributed by atoms with E-state index < -0.39 is 24.5 Å². The van der Waals surface area contributed by atoms with Gasteiger partial charge in [0.2, 0.25) is 0 Å². The number of hydrogen-bond acceptors (Lipinski definition) is 5. The van der Waals surface area contributed by atoms with E-state index in [0.717, 1.165) is 18.4 Å². The highest BCUT2D eigenvalue weighted by molar-refractivity contribution is 5.97. The van der Waals surface area contributed by atoms with Crippen molar-refractivity contribution in [1.29, 1.82) is 0 Å². The molecule has 0 atom stereocenters. The van der Waals surface area contributed by atoms with Crippen LogP contribution in [0.2, 0.25) is 0 Å². The van der Waals surface area contributed by atoms with Crippen molar-refractivity contribution in [2.75, 3.05) is 6.61 Å². The molecule has 2 aromatic rings. The van der Waals surface area contributed by atoms with Crippen LogP contribution in [0.25, 0.3) is 0 Å². The third-order valence-corrected chi connectivity index (χ3v) is 3.59. The number of rotatable bonds is 6. The molecule has 1 aromatic heterocycles. The van der Waals surface area contributed by atoms with Crippen molar-refractivity contribution in [2.45, 2.75) is 25.4 Å². The summed E-state index contributed by atoms with van der Waals surface area (Å²) in [5.41, 5.74) is 1.31. The molecule has 1 fully saturated rings. The van der Waals surface area contributed by atoms with Crippen molar-refractivity contribution >= 4 is 17.9 Å². The third kappa shape index (κ3) is 5.17. The largest absolute Gasteiger partial charge is 0.452 e. The molecule has 0 radical (unpaired) electrons. The molecule has 1 heterocycles. The Morgan fingerprint density at radius 1 is 1.20 bits per heavy atom. The van der Waals surface area contributed by atoms with Crippen LogP contribution >= 0.6 is 0 Å². The van der Waals surface area contributed by atoms with Gasteiger partial charge in [0.1, 0.15) is 0 Å². The van der Waals surface area contributed by atoms with Crippen LogP contribution in [-0.4, -0.2) is 40.3 Å². The fraction of sp³-hybridized carbons (Fsp3) is 0.294. The highest BCUT2D eigenvalue weighted by Crippen LogP contribution is 2.18. The van der Waals surface area contributed by atoms with E-state index in [-0.39, 0.29) is 6.04 Å². The smallest absolute Gasteiger partial charge is 0.338 e. The Hall–Kier alpha value is -3.16. The predicted molar refractivity (Wildman–Crippen MR) is 87.7 cm³/mol. The highest BCUT2D eigenvalue weighted by atomic mass is 16.5. The van der Waals surface area contributed by atoms with Crippen LogP contribution in [0.3, 0.4) is 0 Å². The molecule has 1 saturated carbocycles. The summed E-state index contributed by atoms with van der Waals surface area (Å²) in [6.45, 7) is 0.0901. The molecule has 0 unspecified atom stereocenters. The number of carbonyl (C=O) groups is 3. The number of urea groups is 1. The highest BCUT2D eigenvalue weighted by Gasteiger charge is 2.24. The quantitative estimate of drug-likeness (QED) is 0.765. The van der Waals surface area contributed by atoms with Gasteiger partial charge in [-0.2, -0.15) is 5.10 Å². The molecule has 1 aromatic carbocycles. The molecule has 1 aliphatic rings. The lowest BCUT2D eigenvalue weighted by atomic mass is 10.1. The molecule has 130 valence electrons. The number of amides is 3. The standard InChI is InChI=1S/C17H18N4O4/c22-15(20-17(24)19-14-6-7-14)11-25-16(23)13-4-2-12(3-5-13)10-21-9-1-8-18-21/h1-5,8-9,14H,6-7,10-11H2,(H2,19,20,22,24). The van der Waals surface area contributed by atoms with E-state index in [2.05, 4.69) is 15.7 Å². The molecular formula is C17H18N4O4.